The summed E-state index contributed by atoms with van der Waals surface area (Å²) in [5.41, 5.74) is 3.64. The zero-order chi connectivity index (χ0) is 16.2. The van der Waals surface area contributed by atoms with Crippen LogP contribution in [0.15, 0.2) is 48.5 Å². The van der Waals surface area contributed by atoms with Crippen molar-refractivity contribution in [1.29, 1.82) is 0 Å². The van der Waals surface area contributed by atoms with E-state index in [-0.39, 0.29) is 11.8 Å². The number of carbonyl (C=O) groups is 2. The number of amides is 2. The van der Waals surface area contributed by atoms with Crippen molar-refractivity contribution in [3.63, 3.8) is 0 Å². The smallest absolute Gasteiger partial charge is 0.251 e. The Bertz CT molecular complexity index is 740. The summed E-state index contributed by atoms with van der Waals surface area (Å²) in [6.45, 7) is 3.26. The minimum Gasteiger partial charge on any atom is -0.348 e. The summed E-state index contributed by atoms with van der Waals surface area (Å²) < 4.78 is 0. The molecule has 0 radical (unpaired) electrons. The van der Waals surface area contributed by atoms with Crippen LogP contribution in [0.3, 0.4) is 0 Å². The first-order chi connectivity index (χ1) is 11.1. The second-order valence-electron chi connectivity index (χ2n) is 5.81. The van der Waals surface area contributed by atoms with Crippen molar-refractivity contribution in [3.8, 4) is 0 Å². The first-order valence-corrected chi connectivity index (χ1v) is 7.88. The molecule has 1 heterocycles. The molecule has 0 aromatic heterocycles. The van der Waals surface area contributed by atoms with Crippen LogP contribution in [0.5, 0.6) is 0 Å². The molecule has 0 saturated carbocycles. The van der Waals surface area contributed by atoms with Crippen molar-refractivity contribution in [2.24, 2.45) is 0 Å². The number of aryl methyl sites for hydroxylation is 1. The van der Waals surface area contributed by atoms with E-state index in [1.165, 1.54) is 0 Å². The van der Waals surface area contributed by atoms with Crippen LogP contribution in [0.2, 0.25) is 0 Å². The van der Waals surface area contributed by atoms with Crippen LogP contribution in [0, 0.1) is 6.92 Å². The van der Waals surface area contributed by atoms with Crippen LogP contribution < -0.4 is 10.2 Å². The first-order valence-electron chi connectivity index (χ1n) is 7.88. The number of hydrogen-bond acceptors (Lipinski definition) is 2. The van der Waals surface area contributed by atoms with Gasteiger partial charge >= 0.3 is 0 Å². The molecule has 1 saturated heterocycles. The highest BCUT2D eigenvalue weighted by Gasteiger charge is 2.22. The van der Waals surface area contributed by atoms with Crippen molar-refractivity contribution in [1.82, 2.24) is 5.32 Å². The predicted octanol–water partition coefficient (Wildman–Crippen LogP) is 3.05. The molecule has 1 aliphatic heterocycles. The summed E-state index contributed by atoms with van der Waals surface area (Å²) in [7, 11) is 0. The highest BCUT2D eigenvalue weighted by atomic mass is 16.2. The third-order valence-corrected chi connectivity index (χ3v) is 4.19. The van der Waals surface area contributed by atoms with Gasteiger partial charge in [0.2, 0.25) is 5.91 Å². The summed E-state index contributed by atoms with van der Waals surface area (Å²) in [5, 5.41) is 2.94. The lowest BCUT2D eigenvalue weighted by molar-refractivity contribution is -0.117. The molecule has 1 aliphatic rings. The summed E-state index contributed by atoms with van der Waals surface area (Å²) in [5.74, 6) is 0.00391. The lowest BCUT2D eigenvalue weighted by Gasteiger charge is -2.16. The summed E-state index contributed by atoms with van der Waals surface area (Å²) in [6, 6.07) is 15.2. The van der Waals surface area contributed by atoms with Gasteiger partial charge in [-0.05, 0) is 42.7 Å². The molecule has 0 unspecified atom stereocenters. The van der Waals surface area contributed by atoms with Crippen LogP contribution in [-0.2, 0) is 11.3 Å². The minimum atomic E-state index is -0.123. The van der Waals surface area contributed by atoms with E-state index in [0.29, 0.717) is 18.5 Å². The van der Waals surface area contributed by atoms with E-state index >= 15 is 0 Å². The Balaban J connectivity index is 1.70. The Morgan fingerprint density at radius 2 is 2.00 bits per heavy atom. The maximum atomic E-state index is 12.4. The molecule has 0 spiro atoms. The van der Waals surface area contributed by atoms with Gasteiger partial charge in [-0.25, -0.2) is 0 Å². The average Bonchev–Trinajstić information content (AvgIpc) is 3.00. The quantitative estimate of drug-likeness (QED) is 0.943. The van der Waals surface area contributed by atoms with E-state index in [9.17, 15) is 9.59 Å². The fraction of sp³-hybridized carbons (Fsp3) is 0.263. The molecule has 2 aromatic rings. The number of hydrogen-bond donors (Lipinski definition) is 1. The van der Waals surface area contributed by atoms with Gasteiger partial charge in [0.1, 0.15) is 0 Å². The largest absolute Gasteiger partial charge is 0.348 e. The minimum absolute atomic E-state index is 0.123. The van der Waals surface area contributed by atoms with Crippen molar-refractivity contribution < 1.29 is 9.59 Å². The van der Waals surface area contributed by atoms with Gasteiger partial charge in [0.15, 0.2) is 0 Å². The standard InChI is InChI=1S/C19H20N2O2/c1-14-6-2-3-7-16(14)13-20-19(23)15-8-4-9-17(12-15)21-11-5-10-18(21)22/h2-4,6-9,12H,5,10-11,13H2,1H3,(H,20,23). The Morgan fingerprint density at radius 1 is 1.17 bits per heavy atom. The Hall–Kier alpha value is -2.62. The molecule has 0 bridgehead atoms. The Labute approximate surface area is 136 Å². The number of rotatable bonds is 4. The fourth-order valence-corrected chi connectivity index (χ4v) is 2.82. The molecule has 2 amide bonds. The molecule has 4 nitrogen and oxygen atoms in total. The fourth-order valence-electron chi connectivity index (χ4n) is 2.82. The average molecular weight is 308 g/mol. The number of benzene rings is 2. The molecule has 23 heavy (non-hydrogen) atoms. The van der Waals surface area contributed by atoms with Crippen LogP contribution in [0.1, 0.15) is 34.3 Å². The van der Waals surface area contributed by atoms with Crippen molar-refractivity contribution >= 4 is 17.5 Å². The highest BCUT2D eigenvalue weighted by Crippen LogP contribution is 2.22. The van der Waals surface area contributed by atoms with Gasteiger partial charge in [-0.3, -0.25) is 9.59 Å². The molecule has 0 aliphatic carbocycles. The molecular formula is C19H20N2O2. The third kappa shape index (κ3) is 3.42. The SMILES string of the molecule is Cc1ccccc1CNC(=O)c1cccc(N2CCCC2=O)c1. The van der Waals surface area contributed by atoms with Crippen LogP contribution in [0.25, 0.3) is 0 Å². The van der Waals surface area contributed by atoms with E-state index in [1.54, 1.807) is 17.0 Å². The monoisotopic (exact) mass is 308 g/mol. The topological polar surface area (TPSA) is 49.4 Å². The zero-order valence-electron chi connectivity index (χ0n) is 13.2. The van der Waals surface area contributed by atoms with Crippen molar-refractivity contribution in [3.05, 3.63) is 65.2 Å². The summed E-state index contributed by atoms with van der Waals surface area (Å²) >= 11 is 0. The van der Waals surface area contributed by atoms with Gasteiger partial charge < -0.3 is 10.2 Å². The van der Waals surface area contributed by atoms with E-state index < -0.39 is 0 Å². The van der Waals surface area contributed by atoms with Gasteiger partial charge in [-0.2, -0.15) is 0 Å². The van der Waals surface area contributed by atoms with E-state index in [2.05, 4.69) is 5.32 Å². The second-order valence-corrected chi connectivity index (χ2v) is 5.81. The van der Waals surface area contributed by atoms with Crippen molar-refractivity contribution in [2.45, 2.75) is 26.3 Å². The normalized spacial score (nSPS) is 14.1. The van der Waals surface area contributed by atoms with Gasteiger partial charge in [0.05, 0.1) is 0 Å². The number of anilines is 1. The number of nitrogens with one attached hydrogen (secondary N) is 1. The van der Waals surface area contributed by atoms with Gasteiger partial charge in [0, 0.05) is 30.8 Å². The molecule has 4 heteroatoms. The highest BCUT2D eigenvalue weighted by molar-refractivity contribution is 5.99. The summed E-state index contributed by atoms with van der Waals surface area (Å²) in [6.07, 6.45) is 1.46. The molecule has 3 rings (SSSR count). The number of nitrogens with zero attached hydrogens (tertiary/aromatic N) is 1. The molecule has 0 atom stereocenters. The Morgan fingerprint density at radius 3 is 2.74 bits per heavy atom. The van der Waals surface area contributed by atoms with Gasteiger partial charge in [0.25, 0.3) is 5.91 Å². The molecule has 1 fully saturated rings. The predicted molar refractivity (Wildman–Crippen MR) is 90.4 cm³/mol. The third-order valence-electron chi connectivity index (χ3n) is 4.19. The molecule has 1 N–H and O–H groups in total. The zero-order valence-corrected chi connectivity index (χ0v) is 13.2. The maximum absolute atomic E-state index is 12.4. The molecule has 2 aromatic carbocycles. The molecular weight excluding hydrogens is 288 g/mol. The Kier molecular flexibility index (Phi) is 4.42. The van der Waals surface area contributed by atoms with Crippen LogP contribution in [-0.4, -0.2) is 18.4 Å². The van der Waals surface area contributed by atoms with Gasteiger partial charge in [-0.1, -0.05) is 30.3 Å². The second kappa shape index (κ2) is 6.65. The van der Waals surface area contributed by atoms with Crippen molar-refractivity contribution in [2.75, 3.05) is 11.4 Å². The lowest BCUT2D eigenvalue weighted by Crippen LogP contribution is -2.26. The lowest BCUT2D eigenvalue weighted by atomic mass is 10.1. The summed E-state index contributed by atoms with van der Waals surface area (Å²) in [4.78, 5) is 25.9. The maximum Gasteiger partial charge on any atom is 0.251 e. The molecule has 118 valence electrons. The first kappa shape index (κ1) is 15.3. The van der Waals surface area contributed by atoms with Crippen LogP contribution in [0.4, 0.5) is 5.69 Å². The van der Waals surface area contributed by atoms with Gasteiger partial charge in [-0.15, -0.1) is 0 Å². The van der Waals surface area contributed by atoms with E-state index in [1.807, 2.05) is 43.3 Å². The van der Waals surface area contributed by atoms with E-state index in [0.717, 1.165) is 29.8 Å². The van der Waals surface area contributed by atoms with E-state index in [4.69, 9.17) is 0 Å². The van der Waals surface area contributed by atoms with Crippen LogP contribution >= 0.6 is 0 Å². The number of carbonyl (C=O) groups excluding carboxylic acids is 2.